The minimum Gasteiger partial charge on any atom is -0.478 e. The average Bonchev–Trinajstić information content (AvgIpc) is 3.26. The summed E-state index contributed by atoms with van der Waals surface area (Å²) in [4.78, 5) is 34.9. The molecule has 0 aliphatic carbocycles. The number of nitrogens with zero attached hydrogens (tertiary/aromatic N) is 2. The van der Waals surface area contributed by atoms with Gasteiger partial charge in [-0.15, -0.1) is 5.10 Å². The first-order chi connectivity index (χ1) is 13.0. The van der Waals surface area contributed by atoms with Crippen LogP contribution in [0.25, 0.3) is 0 Å². The number of hydrogen-bond donors (Lipinski definition) is 3. The molecule has 1 aliphatic rings. The Hall–Kier alpha value is -3.40. The molecule has 1 atom stereocenters. The summed E-state index contributed by atoms with van der Waals surface area (Å²) in [5.74, 6) is -1.22. The molecule has 0 radical (unpaired) electrons. The van der Waals surface area contributed by atoms with E-state index in [-0.39, 0.29) is 23.8 Å². The van der Waals surface area contributed by atoms with Crippen molar-refractivity contribution in [3.05, 3.63) is 54.0 Å². The average molecular weight is 386 g/mol. The number of thioether (sulfide) groups is 1. The van der Waals surface area contributed by atoms with E-state index < -0.39 is 11.2 Å². The molecule has 1 saturated heterocycles. The lowest BCUT2D eigenvalue weighted by Crippen LogP contribution is -2.28. The molecule has 10 heteroatoms. The fourth-order valence-corrected chi connectivity index (χ4v) is 3.09. The van der Waals surface area contributed by atoms with Crippen molar-refractivity contribution in [1.29, 1.82) is 0 Å². The lowest BCUT2D eigenvalue weighted by molar-refractivity contribution is -0.122. The molecule has 2 heterocycles. The van der Waals surface area contributed by atoms with Crippen molar-refractivity contribution in [2.45, 2.75) is 11.7 Å². The van der Waals surface area contributed by atoms with Gasteiger partial charge in [0.1, 0.15) is 11.0 Å². The van der Waals surface area contributed by atoms with Crippen molar-refractivity contribution in [3.8, 4) is 0 Å². The lowest BCUT2D eigenvalue weighted by atomic mass is 10.2. The van der Waals surface area contributed by atoms with E-state index in [9.17, 15) is 14.4 Å². The topological polar surface area (TPSA) is 133 Å². The summed E-state index contributed by atoms with van der Waals surface area (Å²) in [5.41, 5.74) is 0.569. The molecule has 0 unspecified atom stereocenters. The van der Waals surface area contributed by atoms with Crippen LogP contribution in [0.2, 0.25) is 0 Å². The molecule has 1 aromatic heterocycles. The van der Waals surface area contributed by atoms with Crippen molar-refractivity contribution >= 4 is 46.6 Å². The molecule has 1 aromatic carbocycles. The van der Waals surface area contributed by atoms with Crippen LogP contribution in [-0.2, 0) is 9.59 Å². The third kappa shape index (κ3) is 5.05. The fraction of sp³-hybridized carbons (Fsp3) is 0.118. The molecular formula is C17H14N4O5S. The maximum absolute atomic E-state index is 12.1. The molecule has 9 nitrogen and oxygen atoms in total. The molecule has 0 saturated carbocycles. The summed E-state index contributed by atoms with van der Waals surface area (Å²) in [6, 6.07) is 9.16. The summed E-state index contributed by atoms with van der Waals surface area (Å²) >= 11 is 1.11. The van der Waals surface area contributed by atoms with Crippen LogP contribution in [-0.4, -0.2) is 39.5 Å². The highest BCUT2D eigenvalue weighted by atomic mass is 32.2. The number of carboxylic acids is 1. The van der Waals surface area contributed by atoms with E-state index in [2.05, 4.69) is 20.8 Å². The Balaban J connectivity index is 1.53. The number of rotatable bonds is 6. The molecule has 1 fully saturated rings. The Morgan fingerprint density at radius 3 is 2.74 bits per heavy atom. The van der Waals surface area contributed by atoms with Gasteiger partial charge in [0, 0.05) is 12.1 Å². The number of hydrogen-bond acceptors (Lipinski definition) is 7. The fourth-order valence-electron chi connectivity index (χ4n) is 2.17. The molecule has 3 N–H and O–H groups in total. The minimum atomic E-state index is -1.05. The van der Waals surface area contributed by atoms with Crippen molar-refractivity contribution in [2.24, 2.45) is 10.2 Å². The number of amides is 2. The molecular weight excluding hydrogens is 372 g/mol. The van der Waals surface area contributed by atoms with Gasteiger partial charge >= 0.3 is 5.97 Å². The first-order valence-electron chi connectivity index (χ1n) is 7.76. The monoisotopic (exact) mass is 386 g/mol. The summed E-state index contributed by atoms with van der Waals surface area (Å²) in [7, 11) is 0. The Bertz CT molecular complexity index is 906. The van der Waals surface area contributed by atoms with E-state index in [1.54, 1.807) is 12.1 Å². The zero-order valence-corrected chi connectivity index (χ0v) is 14.6. The number of nitrogens with one attached hydrogen (secondary N) is 2. The second kappa shape index (κ2) is 8.32. The number of carbonyl (C=O) groups excluding carboxylic acids is 2. The van der Waals surface area contributed by atoms with Gasteiger partial charge in [0.25, 0.3) is 0 Å². The molecule has 138 valence electrons. The van der Waals surface area contributed by atoms with Gasteiger partial charge in [0.05, 0.1) is 18.0 Å². The first kappa shape index (κ1) is 18.4. The van der Waals surface area contributed by atoms with E-state index >= 15 is 0 Å². The molecule has 2 amide bonds. The summed E-state index contributed by atoms with van der Waals surface area (Å²) in [5, 5.41) is 21.4. The van der Waals surface area contributed by atoms with Gasteiger partial charge in [0.2, 0.25) is 11.8 Å². The highest BCUT2D eigenvalue weighted by molar-refractivity contribution is 8.15. The number of carboxylic acid groups (broad SMARTS) is 1. The van der Waals surface area contributed by atoms with Crippen LogP contribution in [0.15, 0.2) is 57.3 Å². The standard InChI is InChI=1S/C17H14N4O5S/c22-14(19-11-5-3-10(4-6-11)16(24)25)8-13-15(23)20-17(27-13)21-18-9-12-2-1-7-26-12/h1-7,9,13H,8H2,(H,19,22)(H,24,25)(H,20,21,23)/b18-9-/t13-/m0/s1. The van der Waals surface area contributed by atoms with E-state index in [0.29, 0.717) is 16.6 Å². The summed E-state index contributed by atoms with van der Waals surface area (Å²) < 4.78 is 5.07. The predicted octanol–water partition coefficient (Wildman–Crippen LogP) is 1.93. The number of benzene rings is 1. The Kier molecular flexibility index (Phi) is 5.67. The van der Waals surface area contributed by atoms with Crippen LogP contribution in [0.4, 0.5) is 5.69 Å². The predicted molar refractivity (Wildman–Crippen MR) is 99.9 cm³/mol. The highest BCUT2D eigenvalue weighted by Crippen LogP contribution is 2.23. The van der Waals surface area contributed by atoms with Crippen LogP contribution in [0.1, 0.15) is 22.5 Å². The molecule has 2 aromatic rings. The van der Waals surface area contributed by atoms with Crippen molar-refractivity contribution < 1.29 is 23.9 Å². The molecule has 0 spiro atoms. The smallest absolute Gasteiger partial charge is 0.335 e. The number of amidine groups is 1. The van der Waals surface area contributed by atoms with Crippen LogP contribution in [0.5, 0.6) is 0 Å². The zero-order valence-electron chi connectivity index (χ0n) is 13.8. The molecule has 27 heavy (non-hydrogen) atoms. The van der Waals surface area contributed by atoms with E-state index in [0.717, 1.165) is 11.8 Å². The SMILES string of the molecule is O=C(C[C@@H]1S/C(=N/N=C\c2ccco2)NC1=O)Nc1ccc(C(=O)O)cc1. The maximum atomic E-state index is 12.1. The minimum absolute atomic E-state index is 0.0574. The second-order valence-corrected chi connectivity index (χ2v) is 6.59. The molecule has 1 aliphatic heterocycles. The Morgan fingerprint density at radius 1 is 1.30 bits per heavy atom. The quantitative estimate of drug-likeness (QED) is 0.513. The summed E-state index contributed by atoms with van der Waals surface area (Å²) in [6.07, 6.45) is 2.85. The van der Waals surface area contributed by atoms with Gasteiger partial charge in [-0.1, -0.05) is 11.8 Å². The Morgan fingerprint density at radius 2 is 2.07 bits per heavy atom. The van der Waals surface area contributed by atoms with E-state index in [1.807, 2.05) is 0 Å². The van der Waals surface area contributed by atoms with Gasteiger partial charge in [-0.25, -0.2) is 4.79 Å². The van der Waals surface area contributed by atoms with Crippen LogP contribution in [0, 0.1) is 0 Å². The van der Waals surface area contributed by atoms with Crippen molar-refractivity contribution in [3.63, 3.8) is 0 Å². The van der Waals surface area contributed by atoms with Crippen LogP contribution < -0.4 is 10.6 Å². The lowest BCUT2D eigenvalue weighted by Gasteiger charge is -2.07. The van der Waals surface area contributed by atoms with Crippen molar-refractivity contribution in [1.82, 2.24) is 5.32 Å². The number of carbonyl (C=O) groups is 3. The third-order valence-corrected chi connectivity index (χ3v) is 4.51. The van der Waals surface area contributed by atoms with Gasteiger partial charge in [-0.3, -0.25) is 9.59 Å². The van der Waals surface area contributed by atoms with E-state index in [1.165, 1.54) is 36.7 Å². The number of furan rings is 1. The Labute approximate surface area is 157 Å². The normalized spacial score (nSPS) is 18.0. The number of aromatic carboxylic acids is 1. The summed E-state index contributed by atoms with van der Waals surface area (Å²) in [6.45, 7) is 0. The van der Waals surface area contributed by atoms with E-state index in [4.69, 9.17) is 9.52 Å². The van der Waals surface area contributed by atoms with Crippen molar-refractivity contribution in [2.75, 3.05) is 5.32 Å². The van der Waals surface area contributed by atoms with Gasteiger partial charge in [-0.2, -0.15) is 5.10 Å². The zero-order chi connectivity index (χ0) is 19.2. The molecule has 0 bridgehead atoms. The third-order valence-electron chi connectivity index (χ3n) is 3.44. The van der Waals surface area contributed by atoms with Crippen LogP contribution in [0.3, 0.4) is 0 Å². The van der Waals surface area contributed by atoms with Crippen LogP contribution >= 0.6 is 11.8 Å². The van der Waals surface area contributed by atoms with Gasteiger partial charge < -0.3 is 20.2 Å². The first-order valence-corrected chi connectivity index (χ1v) is 8.64. The molecule has 3 rings (SSSR count). The number of anilines is 1. The second-order valence-electron chi connectivity index (χ2n) is 5.40. The maximum Gasteiger partial charge on any atom is 0.335 e. The largest absolute Gasteiger partial charge is 0.478 e. The van der Waals surface area contributed by atoms with Gasteiger partial charge in [0.15, 0.2) is 5.17 Å². The highest BCUT2D eigenvalue weighted by Gasteiger charge is 2.32. The van der Waals surface area contributed by atoms with Gasteiger partial charge in [-0.05, 0) is 36.4 Å².